The summed E-state index contributed by atoms with van der Waals surface area (Å²) in [6.45, 7) is 10.9. The van der Waals surface area contributed by atoms with Crippen LogP contribution in [0.3, 0.4) is 0 Å². The van der Waals surface area contributed by atoms with Gasteiger partial charge in [0, 0.05) is 31.0 Å². The van der Waals surface area contributed by atoms with Gasteiger partial charge in [-0.2, -0.15) is 0 Å². The number of aromatic nitrogens is 2. The number of carbonyl (C=O) groups excluding carboxylic acids is 1. The topological polar surface area (TPSA) is 64.5 Å². The van der Waals surface area contributed by atoms with E-state index in [9.17, 15) is 4.79 Å². The number of nitrogens with zero attached hydrogens (tertiary/aromatic N) is 3. The number of hydrogen-bond acceptors (Lipinski definition) is 6. The van der Waals surface area contributed by atoms with Crippen LogP contribution in [0.2, 0.25) is 5.04 Å². The molecule has 2 heterocycles. The van der Waals surface area contributed by atoms with E-state index in [4.69, 9.17) is 9.16 Å². The van der Waals surface area contributed by atoms with Crippen LogP contribution in [-0.2, 0) is 15.8 Å². The fourth-order valence-electron chi connectivity index (χ4n) is 6.13. The van der Waals surface area contributed by atoms with Crippen molar-refractivity contribution in [1.82, 2.24) is 9.97 Å². The Bertz CT molecular complexity index is 1520. The zero-order valence-corrected chi connectivity index (χ0v) is 26.2. The van der Waals surface area contributed by atoms with Gasteiger partial charge in [0.15, 0.2) is 11.6 Å². The van der Waals surface area contributed by atoms with Crippen molar-refractivity contribution in [3.63, 3.8) is 0 Å². The lowest BCUT2D eigenvalue weighted by Crippen LogP contribution is -2.66. The van der Waals surface area contributed by atoms with Gasteiger partial charge in [0.2, 0.25) is 11.6 Å². The Hall–Kier alpha value is -3.79. The molecular formula is C34H37F2N3O3Si. The molecule has 0 spiro atoms. The minimum Gasteiger partial charge on any atom is -0.403 e. The van der Waals surface area contributed by atoms with Crippen LogP contribution in [-0.4, -0.2) is 49.4 Å². The van der Waals surface area contributed by atoms with Gasteiger partial charge in [0.25, 0.3) is 8.32 Å². The predicted octanol–water partition coefficient (Wildman–Crippen LogP) is 5.68. The maximum atomic E-state index is 16.2. The van der Waals surface area contributed by atoms with Gasteiger partial charge < -0.3 is 14.1 Å². The highest BCUT2D eigenvalue weighted by atomic mass is 28.4. The summed E-state index contributed by atoms with van der Waals surface area (Å²) in [4.78, 5) is 23.1. The summed E-state index contributed by atoms with van der Waals surface area (Å²) in [6.07, 6.45) is 2.39. The Morgan fingerprint density at radius 2 is 1.44 bits per heavy atom. The third kappa shape index (κ3) is 6.02. The molecule has 5 rings (SSSR count). The quantitative estimate of drug-likeness (QED) is 0.191. The zero-order chi connectivity index (χ0) is 30.8. The summed E-state index contributed by atoms with van der Waals surface area (Å²) in [5, 5.41) is 1.77. The molecule has 6 nitrogen and oxygen atoms in total. The molecule has 1 fully saturated rings. The van der Waals surface area contributed by atoms with Gasteiger partial charge in [-0.25, -0.2) is 18.7 Å². The number of rotatable bonds is 8. The van der Waals surface area contributed by atoms with Crippen molar-refractivity contribution < 1.29 is 22.7 Å². The second kappa shape index (κ2) is 12.4. The summed E-state index contributed by atoms with van der Waals surface area (Å²) >= 11 is 0. The van der Waals surface area contributed by atoms with Crippen molar-refractivity contribution in [3.05, 3.63) is 114 Å². The van der Waals surface area contributed by atoms with Gasteiger partial charge in [0.1, 0.15) is 0 Å². The van der Waals surface area contributed by atoms with Crippen molar-refractivity contribution in [3.8, 4) is 0 Å². The number of ether oxygens (including phenoxy) is 1. The first kappa shape index (κ1) is 30.7. The van der Waals surface area contributed by atoms with Crippen molar-refractivity contribution >= 4 is 30.2 Å². The second-order valence-corrected chi connectivity index (χ2v) is 16.4. The highest BCUT2D eigenvalue weighted by Crippen LogP contribution is 2.39. The average Bonchev–Trinajstić information content (AvgIpc) is 2.99. The monoisotopic (exact) mass is 601 g/mol. The molecule has 1 aromatic heterocycles. The SMILES string of the molecule is CC1CN(c2c(CO[Si](c3ccccc3)(c3ccccc3)C(C)(C)C)cc(C(=O)c3ncccn3)c(F)c2F)CC(C)O1. The first-order chi connectivity index (χ1) is 20.5. The highest BCUT2D eigenvalue weighted by Gasteiger charge is 2.50. The lowest BCUT2D eigenvalue weighted by molar-refractivity contribution is -0.00553. The lowest BCUT2D eigenvalue weighted by atomic mass is 10.0. The number of hydrogen-bond donors (Lipinski definition) is 0. The molecule has 1 aliphatic heterocycles. The van der Waals surface area contributed by atoms with Crippen LogP contribution in [0.4, 0.5) is 14.5 Å². The van der Waals surface area contributed by atoms with E-state index in [1.165, 1.54) is 18.5 Å². The van der Waals surface area contributed by atoms with Crippen LogP contribution in [0.5, 0.6) is 0 Å². The van der Waals surface area contributed by atoms with E-state index >= 15 is 8.78 Å². The van der Waals surface area contributed by atoms with Gasteiger partial charge in [-0.1, -0.05) is 81.4 Å². The van der Waals surface area contributed by atoms with Gasteiger partial charge in [-0.15, -0.1) is 0 Å². The first-order valence-corrected chi connectivity index (χ1v) is 16.4. The minimum atomic E-state index is -3.04. The summed E-state index contributed by atoms with van der Waals surface area (Å²) in [5.41, 5.74) is 0.0401. The molecule has 0 amide bonds. The van der Waals surface area contributed by atoms with Crippen LogP contribution in [0, 0.1) is 11.6 Å². The Morgan fingerprint density at radius 1 is 0.907 bits per heavy atom. The van der Waals surface area contributed by atoms with Crippen LogP contribution in [0.1, 0.15) is 56.4 Å². The number of anilines is 1. The van der Waals surface area contributed by atoms with E-state index in [0.717, 1.165) is 10.4 Å². The van der Waals surface area contributed by atoms with Gasteiger partial charge in [0.05, 0.1) is 30.1 Å². The number of ketones is 1. The molecule has 4 aromatic rings. The van der Waals surface area contributed by atoms with E-state index in [0.29, 0.717) is 18.7 Å². The first-order valence-electron chi connectivity index (χ1n) is 14.5. The van der Waals surface area contributed by atoms with E-state index in [1.807, 2.05) is 50.2 Å². The van der Waals surface area contributed by atoms with Crippen LogP contribution < -0.4 is 15.3 Å². The molecule has 0 saturated carbocycles. The fourth-order valence-corrected chi connectivity index (χ4v) is 10.7. The Labute approximate surface area is 252 Å². The molecule has 0 N–H and O–H groups in total. The molecule has 2 unspecified atom stereocenters. The molecule has 1 aliphatic rings. The number of morpholine rings is 1. The smallest absolute Gasteiger partial charge is 0.261 e. The number of halogens is 2. The summed E-state index contributed by atoms with van der Waals surface area (Å²) in [5.74, 6) is -3.32. The standard InChI is InChI=1S/C34H37F2N3O3Si/c1-23-20-39(21-24(2)42-23)31-25(19-28(29(35)30(31)36)32(40)33-37-17-12-18-38-33)22-41-43(34(3,4)5,26-13-8-6-9-14-26)27-15-10-7-11-16-27/h6-19,23-24H,20-22H2,1-5H3. The molecule has 0 aliphatic carbocycles. The largest absolute Gasteiger partial charge is 0.403 e. The van der Waals surface area contributed by atoms with E-state index < -0.39 is 31.3 Å². The normalized spacial score (nSPS) is 17.6. The van der Waals surface area contributed by atoms with Crippen molar-refractivity contribution in [1.29, 1.82) is 0 Å². The van der Waals surface area contributed by atoms with Crippen molar-refractivity contribution in [2.45, 2.75) is 58.5 Å². The zero-order valence-electron chi connectivity index (χ0n) is 25.2. The second-order valence-electron chi connectivity index (χ2n) is 12.1. The highest BCUT2D eigenvalue weighted by molar-refractivity contribution is 6.99. The Morgan fingerprint density at radius 3 is 1.95 bits per heavy atom. The van der Waals surface area contributed by atoms with E-state index in [-0.39, 0.29) is 35.4 Å². The molecule has 2 atom stereocenters. The molecule has 9 heteroatoms. The molecular weight excluding hydrogens is 564 g/mol. The third-order valence-electron chi connectivity index (χ3n) is 7.87. The molecule has 224 valence electrons. The molecule has 0 radical (unpaired) electrons. The van der Waals surface area contributed by atoms with Crippen molar-refractivity contribution in [2.24, 2.45) is 0 Å². The number of benzene rings is 3. The maximum Gasteiger partial charge on any atom is 0.261 e. The van der Waals surface area contributed by atoms with Crippen LogP contribution in [0.25, 0.3) is 0 Å². The van der Waals surface area contributed by atoms with E-state index in [2.05, 4.69) is 55.0 Å². The molecule has 1 saturated heterocycles. The third-order valence-corrected chi connectivity index (χ3v) is 12.9. The Kier molecular flexibility index (Phi) is 8.87. The van der Waals surface area contributed by atoms with Crippen molar-refractivity contribution in [2.75, 3.05) is 18.0 Å². The molecule has 43 heavy (non-hydrogen) atoms. The van der Waals surface area contributed by atoms with Gasteiger partial charge in [-0.3, -0.25) is 4.79 Å². The Balaban J connectivity index is 1.68. The molecule has 3 aromatic carbocycles. The summed E-state index contributed by atoms with van der Waals surface area (Å²) < 4.78 is 45.0. The number of carbonyl (C=O) groups is 1. The predicted molar refractivity (Wildman–Crippen MR) is 166 cm³/mol. The fraction of sp³-hybridized carbons (Fsp3) is 0.324. The van der Waals surface area contributed by atoms with E-state index in [1.54, 1.807) is 11.0 Å². The average molecular weight is 602 g/mol. The lowest BCUT2D eigenvalue weighted by Gasteiger charge is -2.43. The van der Waals surface area contributed by atoms with Gasteiger partial charge in [-0.05, 0) is 41.4 Å². The maximum absolute atomic E-state index is 16.2. The van der Waals surface area contributed by atoms with Gasteiger partial charge >= 0.3 is 0 Å². The van der Waals surface area contributed by atoms with Crippen LogP contribution >= 0.6 is 0 Å². The molecule has 0 bridgehead atoms. The summed E-state index contributed by atoms with van der Waals surface area (Å²) in [6, 6.07) is 23.2. The minimum absolute atomic E-state index is 0.0458. The summed E-state index contributed by atoms with van der Waals surface area (Å²) in [7, 11) is -3.04. The van der Waals surface area contributed by atoms with Crippen LogP contribution in [0.15, 0.2) is 85.2 Å².